The first-order valence-electron chi connectivity index (χ1n) is 9.16. The van der Waals surface area contributed by atoms with Gasteiger partial charge in [0.25, 0.3) is 0 Å². The van der Waals surface area contributed by atoms with E-state index < -0.39 is 29.3 Å². The molecule has 0 saturated carbocycles. The van der Waals surface area contributed by atoms with E-state index in [1.165, 1.54) is 11.0 Å². The van der Waals surface area contributed by atoms with E-state index in [1.54, 1.807) is 26.8 Å². The van der Waals surface area contributed by atoms with Gasteiger partial charge in [0.05, 0.1) is 16.1 Å². The number of carbonyl (C=O) groups excluding carboxylic acids is 1. The van der Waals surface area contributed by atoms with Crippen LogP contribution >= 0.6 is 11.3 Å². The number of anilines is 1. The van der Waals surface area contributed by atoms with Crippen molar-refractivity contribution in [3.05, 3.63) is 40.5 Å². The summed E-state index contributed by atoms with van der Waals surface area (Å²) in [4.78, 5) is 18.3. The maximum Gasteiger partial charge on any atom is 0.419 e. The first kappa shape index (κ1) is 22.1. The Hall–Kier alpha value is -2.62. The maximum absolute atomic E-state index is 14.7. The molecule has 1 amide bonds. The number of nitrogens with two attached hydrogens (primary N) is 1. The molecular weight excluding hydrogens is 422 g/mol. The second-order valence-electron chi connectivity index (χ2n) is 7.80. The van der Waals surface area contributed by atoms with Gasteiger partial charge in [-0.2, -0.15) is 13.2 Å². The van der Waals surface area contributed by atoms with Crippen LogP contribution in [0.25, 0.3) is 16.8 Å². The van der Waals surface area contributed by atoms with Crippen molar-refractivity contribution >= 4 is 28.1 Å². The van der Waals surface area contributed by atoms with Crippen LogP contribution in [-0.4, -0.2) is 34.7 Å². The smallest absolute Gasteiger partial charge is 0.419 e. The molecule has 0 aliphatic carbocycles. The standard InChI is InChI=1S/C20H21F4N3O2S/c1-19(2,3)29-18(28)27-9-7-11(8-10-27)16-15(26-17(25)30-16)12-5-4-6-13(14(12)21)20(22,23)24/h4-7H,8-10H2,1-3H3,(H2,25,26). The lowest BCUT2D eigenvalue weighted by atomic mass is 10.00. The Labute approximate surface area is 175 Å². The van der Waals surface area contributed by atoms with Crippen molar-refractivity contribution in [2.24, 2.45) is 0 Å². The summed E-state index contributed by atoms with van der Waals surface area (Å²) in [6.07, 6.45) is -3.10. The van der Waals surface area contributed by atoms with Gasteiger partial charge in [-0.15, -0.1) is 0 Å². The molecule has 0 atom stereocenters. The largest absolute Gasteiger partial charge is 0.444 e. The fourth-order valence-electron chi connectivity index (χ4n) is 3.04. The van der Waals surface area contributed by atoms with Crippen LogP contribution in [0.4, 0.5) is 27.5 Å². The van der Waals surface area contributed by atoms with Crippen LogP contribution in [0.1, 0.15) is 37.6 Å². The topological polar surface area (TPSA) is 68.5 Å². The van der Waals surface area contributed by atoms with E-state index in [1.807, 2.05) is 0 Å². The molecule has 5 nitrogen and oxygen atoms in total. The molecule has 0 unspecified atom stereocenters. The zero-order valence-electron chi connectivity index (χ0n) is 16.6. The predicted octanol–water partition coefficient (Wildman–Crippen LogP) is 5.57. The van der Waals surface area contributed by atoms with Gasteiger partial charge in [0.2, 0.25) is 0 Å². The summed E-state index contributed by atoms with van der Waals surface area (Å²) in [5.74, 6) is -1.39. The normalized spacial score (nSPS) is 15.2. The Morgan fingerprint density at radius 1 is 1.27 bits per heavy atom. The van der Waals surface area contributed by atoms with Gasteiger partial charge in [-0.25, -0.2) is 14.2 Å². The summed E-state index contributed by atoms with van der Waals surface area (Å²) in [5, 5.41) is 0.118. The summed E-state index contributed by atoms with van der Waals surface area (Å²) >= 11 is 1.07. The molecule has 162 valence electrons. The van der Waals surface area contributed by atoms with Crippen LogP contribution in [0.3, 0.4) is 0 Å². The van der Waals surface area contributed by atoms with E-state index >= 15 is 0 Å². The summed E-state index contributed by atoms with van der Waals surface area (Å²) in [7, 11) is 0. The highest BCUT2D eigenvalue weighted by atomic mass is 32.1. The van der Waals surface area contributed by atoms with Gasteiger partial charge in [0.15, 0.2) is 5.13 Å². The number of alkyl halides is 3. The lowest BCUT2D eigenvalue weighted by molar-refractivity contribution is -0.139. The van der Waals surface area contributed by atoms with E-state index in [0.717, 1.165) is 23.0 Å². The zero-order chi connectivity index (χ0) is 22.3. The van der Waals surface area contributed by atoms with Crippen molar-refractivity contribution in [2.45, 2.75) is 39.0 Å². The summed E-state index contributed by atoms with van der Waals surface area (Å²) in [6, 6.07) is 3.08. The molecule has 0 bridgehead atoms. The van der Waals surface area contributed by atoms with Gasteiger partial charge in [0, 0.05) is 18.7 Å². The van der Waals surface area contributed by atoms with Gasteiger partial charge in [0.1, 0.15) is 11.4 Å². The highest BCUT2D eigenvalue weighted by Gasteiger charge is 2.36. The highest BCUT2D eigenvalue weighted by Crippen LogP contribution is 2.41. The fourth-order valence-corrected chi connectivity index (χ4v) is 3.95. The van der Waals surface area contributed by atoms with Crippen LogP contribution in [0, 0.1) is 5.82 Å². The van der Waals surface area contributed by atoms with Crippen molar-refractivity contribution in [1.29, 1.82) is 0 Å². The van der Waals surface area contributed by atoms with Crippen LogP contribution in [0.15, 0.2) is 24.3 Å². The first-order chi connectivity index (χ1) is 13.9. The van der Waals surface area contributed by atoms with Crippen molar-refractivity contribution in [3.63, 3.8) is 0 Å². The average molecular weight is 443 g/mol. The molecule has 0 saturated heterocycles. The lowest BCUT2D eigenvalue weighted by Gasteiger charge is -2.29. The number of nitrogen functional groups attached to an aromatic ring is 1. The molecule has 0 fully saturated rings. The Balaban J connectivity index is 1.92. The Kier molecular flexibility index (Phi) is 5.81. The zero-order valence-corrected chi connectivity index (χ0v) is 17.5. The molecule has 1 aliphatic heterocycles. The fraction of sp³-hybridized carbons (Fsp3) is 0.400. The third kappa shape index (κ3) is 4.75. The van der Waals surface area contributed by atoms with Crippen LogP contribution in [-0.2, 0) is 10.9 Å². The lowest BCUT2D eigenvalue weighted by Crippen LogP contribution is -2.39. The molecule has 2 heterocycles. The number of ether oxygens (including phenoxy) is 1. The number of rotatable bonds is 2. The summed E-state index contributed by atoms with van der Waals surface area (Å²) < 4.78 is 59.3. The molecule has 10 heteroatoms. The van der Waals surface area contributed by atoms with E-state index in [2.05, 4.69) is 4.98 Å². The average Bonchev–Trinajstić information content (AvgIpc) is 3.01. The number of nitrogens with zero attached hydrogens (tertiary/aromatic N) is 2. The molecule has 1 aliphatic rings. The number of carbonyl (C=O) groups is 1. The minimum atomic E-state index is -4.82. The van der Waals surface area contributed by atoms with Gasteiger partial charge >= 0.3 is 12.3 Å². The summed E-state index contributed by atoms with van der Waals surface area (Å²) in [5.41, 5.74) is 4.37. The number of halogens is 4. The van der Waals surface area contributed by atoms with E-state index in [4.69, 9.17) is 10.5 Å². The highest BCUT2D eigenvalue weighted by molar-refractivity contribution is 7.16. The van der Waals surface area contributed by atoms with Crippen molar-refractivity contribution in [3.8, 4) is 11.3 Å². The van der Waals surface area contributed by atoms with Gasteiger partial charge in [-0.3, -0.25) is 0 Å². The predicted molar refractivity (Wildman–Crippen MR) is 107 cm³/mol. The van der Waals surface area contributed by atoms with Crippen molar-refractivity contribution in [1.82, 2.24) is 9.88 Å². The summed E-state index contributed by atoms with van der Waals surface area (Å²) in [6.45, 7) is 5.92. The maximum atomic E-state index is 14.7. The van der Waals surface area contributed by atoms with E-state index in [-0.39, 0.29) is 22.9 Å². The molecule has 1 aromatic heterocycles. The molecule has 0 radical (unpaired) electrons. The molecule has 3 rings (SSSR count). The van der Waals surface area contributed by atoms with Crippen LogP contribution in [0.5, 0.6) is 0 Å². The number of aromatic nitrogens is 1. The molecule has 0 spiro atoms. The number of hydrogen-bond acceptors (Lipinski definition) is 5. The molecule has 1 aromatic carbocycles. The molecular formula is C20H21F4N3O2S. The second-order valence-corrected chi connectivity index (χ2v) is 8.83. The van der Waals surface area contributed by atoms with E-state index in [9.17, 15) is 22.4 Å². The third-order valence-corrected chi connectivity index (χ3v) is 5.32. The molecule has 2 N–H and O–H groups in total. The Morgan fingerprint density at radius 3 is 2.53 bits per heavy atom. The SMILES string of the molecule is CC(C)(C)OC(=O)N1CC=C(c2sc(N)nc2-c2cccc(C(F)(F)F)c2F)CC1. The minimum Gasteiger partial charge on any atom is -0.444 e. The number of thiazole rings is 1. The number of benzene rings is 1. The van der Waals surface area contributed by atoms with Crippen molar-refractivity contribution < 1.29 is 27.1 Å². The van der Waals surface area contributed by atoms with Gasteiger partial charge < -0.3 is 15.4 Å². The Bertz CT molecular complexity index is 993. The van der Waals surface area contributed by atoms with Crippen LogP contribution < -0.4 is 5.73 Å². The Morgan fingerprint density at radius 2 is 1.97 bits per heavy atom. The van der Waals surface area contributed by atoms with Gasteiger partial charge in [-0.1, -0.05) is 23.5 Å². The minimum absolute atomic E-state index is 0.0677. The molecule has 30 heavy (non-hydrogen) atoms. The second kappa shape index (κ2) is 7.90. The first-order valence-corrected chi connectivity index (χ1v) is 9.98. The third-order valence-electron chi connectivity index (χ3n) is 4.36. The van der Waals surface area contributed by atoms with Crippen molar-refractivity contribution in [2.75, 3.05) is 18.8 Å². The quantitative estimate of drug-likeness (QED) is 0.616. The monoisotopic (exact) mass is 443 g/mol. The van der Waals surface area contributed by atoms with Crippen LogP contribution in [0.2, 0.25) is 0 Å². The number of amides is 1. The number of hydrogen-bond donors (Lipinski definition) is 1. The van der Waals surface area contributed by atoms with E-state index in [0.29, 0.717) is 23.9 Å². The van der Waals surface area contributed by atoms with Gasteiger partial charge in [-0.05, 0) is 44.9 Å². The molecule has 2 aromatic rings.